The Kier molecular flexibility index (Phi) is 5.64. The molecule has 54 valence electrons. The van der Waals surface area contributed by atoms with Crippen molar-refractivity contribution in [1.82, 2.24) is 0 Å². The van der Waals surface area contributed by atoms with Crippen LogP contribution in [-0.2, 0) is 0 Å². The fraction of sp³-hybridized carbons (Fsp3) is 0.750. The van der Waals surface area contributed by atoms with Crippen LogP contribution in [0.5, 0.6) is 0 Å². The summed E-state index contributed by atoms with van der Waals surface area (Å²) >= 11 is 0. The maximum Gasteiger partial charge on any atom is 0.0493 e. The molecule has 0 amide bonds. The molecule has 9 heavy (non-hydrogen) atoms. The van der Waals surface area contributed by atoms with Gasteiger partial charge >= 0.3 is 0 Å². The molecule has 0 aliphatic rings. The Morgan fingerprint density at radius 1 is 1.67 bits per heavy atom. The van der Waals surface area contributed by atoms with E-state index in [1.54, 1.807) is 0 Å². The number of unbranched alkanes of at least 4 members (excludes halogenated alkanes) is 1. The van der Waals surface area contributed by atoms with Gasteiger partial charge in [-0.3, -0.25) is 0 Å². The zero-order valence-electron chi connectivity index (χ0n) is 6.14. The molecule has 0 bridgehead atoms. The molecular formula is C8H16O. The first kappa shape index (κ1) is 8.70. The van der Waals surface area contributed by atoms with Gasteiger partial charge in [-0.1, -0.05) is 25.8 Å². The average Bonchev–Trinajstić information content (AvgIpc) is 1.91. The van der Waals surface area contributed by atoms with Crippen molar-refractivity contribution in [3.05, 3.63) is 12.7 Å². The van der Waals surface area contributed by atoms with Gasteiger partial charge in [0.2, 0.25) is 0 Å². The van der Waals surface area contributed by atoms with Crippen molar-refractivity contribution in [3.8, 4) is 0 Å². The normalized spacial score (nSPS) is 13.1. The Hall–Kier alpha value is -0.300. The van der Waals surface area contributed by atoms with Gasteiger partial charge in [-0.15, -0.1) is 6.58 Å². The summed E-state index contributed by atoms with van der Waals surface area (Å²) in [6.07, 6.45) is 5.30. The molecule has 0 heterocycles. The topological polar surface area (TPSA) is 20.2 Å². The summed E-state index contributed by atoms with van der Waals surface area (Å²) in [5.41, 5.74) is 0. The van der Waals surface area contributed by atoms with Crippen LogP contribution in [0.25, 0.3) is 0 Å². The van der Waals surface area contributed by atoms with Crippen LogP contribution in [0.15, 0.2) is 12.7 Å². The predicted octanol–water partition coefficient (Wildman–Crippen LogP) is 1.97. The smallest absolute Gasteiger partial charge is 0.0493 e. The van der Waals surface area contributed by atoms with E-state index in [9.17, 15) is 0 Å². The number of hydrogen-bond acceptors (Lipinski definition) is 1. The fourth-order valence-electron chi connectivity index (χ4n) is 0.750. The van der Waals surface area contributed by atoms with Crippen molar-refractivity contribution >= 4 is 0 Å². The third-order valence-corrected chi connectivity index (χ3v) is 1.50. The van der Waals surface area contributed by atoms with Crippen molar-refractivity contribution in [2.24, 2.45) is 5.92 Å². The molecule has 1 heteroatoms. The Morgan fingerprint density at radius 3 is 2.67 bits per heavy atom. The third-order valence-electron chi connectivity index (χ3n) is 1.50. The largest absolute Gasteiger partial charge is 0.396 e. The molecular weight excluding hydrogens is 112 g/mol. The van der Waals surface area contributed by atoms with E-state index >= 15 is 0 Å². The van der Waals surface area contributed by atoms with E-state index in [1.807, 2.05) is 6.08 Å². The van der Waals surface area contributed by atoms with Gasteiger partial charge < -0.3 is 5.11 Å². The molecule has 1 atom stereocenters. The Bertz CT molecular complexity index is 69.0. The van der Waals surface area contributed by atoms with E-state index in [0.717, 1.165) is 6.42 Å². The summed E-state index contributed by atoms with van der Waals surface area (Å²) in [4.78, 5) is 0. The molecule has 0 aromatic heterocycles. The van der Waals surface area contributed by atoms with E-state index < -0.39 is 0 Å². The first-order valence-corrected chi connectivity index (χ1v) is 3.58. The fourth-order valence-corrected chi connectivity index (χ4v) is 0.750. The molecule has 0 aliphatic heterocycles. The minimum absolute atomic E-state index is 0.253. The molecule has 0 aromatic rings. The van der Waals surface area contributed by atoms with Crippen LogP contribution in [0.3, 0.4) is 0 Å². The SMILES string of the molecule is C=C[C@H](CO)CCCC. The highest BCUT2D eigenvalue weighted by Gasteiger charge is 1.98. The number of aliphatic hydroxyl groups excluding tert-OH is 1. The minimum Gasteiger partial charge on any atom is -0.396 e. The zero-order chi connectivity index (χ0) is 7.11. The summed E-state index contributed by atoms with van der Waals surface area (Å²) < 4.78 is 0. The van der Waals surface area contributed by atoms with Gasteiger partial charge in [0.1, 0.15) is 0 Å². The molecule has 0 radical (unpaired) electrons. The maximum atomic E-state index is 8.68. The van der Waals surface area contributed by atoms with Crippen LogP contribution >= 0.6 is 0 Å². The summed E-state index contributed by atoms with van der Waals surface area (Å²) in [6.45, 7) is 6.03. The Labute approximate surface area is 57.4 Å². The lowest BCUT2D eigenvalue weighted by Crippen LogP contribution is -2.00. The summed E-state index contributed by atoms with van der Waals surface area (Å²) in [5.74, 6) is 0.324. The first-order valence-electron chi connectivity index (χ1n) is 3.58. The highest BCUT2D eigenvalue weighted by Crippen LogP contribution is 2.07. The van der Waals surface area contributed by atoms with E-state index in [2.05, 4.69) is 13.5 Å². The summed E-state index contributed by atoms with van der Waals surface area (Å²) in [5, 5.41) is 8.68. The molecule has 0 saturated heterocycles. The van der Waals surface area contributed by atoms with Crippen LogP contribution in [0.1, 0.15) is 26.2 Å². The van der Waals surface area contributed by atoms with E-state index in [0.29, 0.717) is 5.92 Å². The number of rotatable bonds is 5. The first-order chi connectivity index (χ1) is 4.35. The van der Waals surface area contributed by atoms with Crippen molar-refractivity contribution < 1.29 is 5.11 Å². The lowest BCUT2D eigenvalue weighted by Gasteiger charge is -2.05. The highest BCUT2D eigenvalue weighted by atomic mass is 16.3. The van der Waals surface area contributed by atoms with Gasteiger partial charge in [0.15, 0.2) is 0 Å². The van der Waals surface area contributed by atoms with Crippen LogP contribution in [-0.4, -0.2) is 11.7 Å². The average molecular weight is 128 g/mol. The van der Waals surface area contributed by atoms with Crippen LogP contribution in [0, 0.1) is 5.92 Å². The molecule has 0 rings (SSSR count). The van der Waals surface area contributed by atoms with Crippen molar-refractivity contribution in [3.63, 3.8) is 0 Å². The molecule has 0 aliphatic carbocycles. The van der Waals surface area contributed by atoms with Crippen molar-refractivity contribution in [2.75, 3.05) is 6.61 Å². The molecule has 1 N–H and O–H groups in total. The number of aliphatic hydroxyl groups is 1. The van der Waals surface area contributed by atoms with Gasteiger partial charge in [0, 0.05) is 6.61 Å². The van der Waals surface area contributed by atoms with Gasteiger partial charge in [-0.05, 0) is 12.3 Å². The van der Waals surface area contributed by atoms with Crippen LogP contribution < -0.4 is 0 Å². The minimum atomic E-state index is 0.253. The third kappa shape index (κ3) is 4.22. The highest BCUT2D eigenvalue weighted by molar-refractivity contribution is 4.77. The second-order valence-electron chi connectivity index (χ2n) is 2.32. The predicted molar refractivity (Wildman–Crippen MR) is 40.3 cm³/mol. The maximum absolute atomic E-state index is 8.68. The molecule has 0 unspecified atom stereocenters. The number of hydrogen-bond donors (Lipinski definition) is 1. The molecule has 0 aromatic carbocycles. The van der Waals surface area contributed by atoms with Crippen LogP contribution in [0.2, 0.25) is 0 Å². The van der Waals surface area contributed by atoms with E-state index in [4.69, 9.17) is 5.11 Å². The van der Waals surface area contributed by atoms with E-state index in [-0.39, 0.29) is 6.61 Å². The second kappa shape index (κ2) is 5.83. The zero-order valence-corrected chi connectivity index (χ0v) is 6.14. The standard InChI is InChI=1S/C8H16O/c1-3-5-6-8(4-2)7-9/h4,8-9H,2-3,5-7H2,1H3/t8-/m0/s1. The molecule has 0 fully saturated rings. The second-order valence-corrected chi connectivity index (χ2v) is 2.32. The molecule has 0 spiro atoms. The molecule has 0 saturated carbocycles. The monoisotopic (exact) mass is 128 g/mol. The quantitative estimate of drug-likeness (QED) is 0.561. The van der Waals surface area contributed by atoms with E-state index in [1.165, 1.54) is 12.8 Å². The van der Waals surface area contributed by atoms with Gasteiger partial charge in [0.25, 0.3) is 0 Å². The van der Waals surface area contributed by atoms with Gasteiger partial charge in [-0.25, -0.2) is 0 Å². The van der Waals surface area contributed by atoms with Crippen molar-refractivity contribution in [1.29, 1.82) is 0 Å². The van der Waals surface area contributed by atoms with Crippen LogP contribution in [0.4, 0.5) is 0 Å². The lowest BCUT2D eigenvalue weighted by molar-refractivity contribution is 0.244. The Balaban J connectivity index is 3.20. The van der Waals surface area contributed by atoms with Gasteiger partial charge in [0.05, 0.1) is 0 Å². The summed E-state index contributed by atoms with van der Waals surface area (Å²) in [7, 11) is 0. The van der Waals surface area contributed by atoms with Crippen molar-refractivity contribution in [2.45, 2.75) is 26.2 Å². The lowest BCUT2D eigenvalue weighted by atomic mass is 10.0. The van der Waals surface area contributed by atoms with Gasteiger partial charge in [-0.2, -0.15) is 0 Å². The molecule has 1 nitrogen and oxygen atoms in total. The summed E-state index contributed by atoms with van der Waals surface area (Å²) in [6, 6.07) is 0. The Morgan fingerprint density at radius 2 is 2.33 bits per heavy atom.